The molecule has 0 unspecified atom stereocenters. The van der Waals surface area contributed by atoms with Crippen molar-refractivity contribution in [1.82, 2.24) is 15.1 Å². The first-order valence-electron chi connectivity index (χ1n) is 17.1. The highest BCUT2D eigenvalue weighted by Gasteiger charge is 2.31. The van der Waals surface area contributed by atoms with E-state index in [1.54, 1.807) is 42.0 Å². The molecular weight excluding hydrogens is 598 g/mol. The van der Waals surface area contributed by atoms with Crippen LogP contribution in [0.5, 0.6) is 5.75 Å². The molecule has 11 heteroatoms. The van der Waals surface area contributed by atoms with E-state index >= 15 is 0 Å². The summed E-state index contributed by atoms with van der Waals surface area (Å²) in [5.74, 6) is -0.0673. The Bertz CT molecular complexity index is 1300. The van der Waals surface area contributed by atoms with Gasteiger partial charge in [0.15, 0.2) is 0 Å². The molecule has 0 aromatic heterocycles. The summed E-state index contributed by atoms with van der Waals surface area (Å²) in [6, 6.07) is 13.5. The molecule has 0 radical (unpaired) electrons. The molecule has 4 rings (SSSR count). The van der Waals surface area contributed by atoms with Crippen LogP contribution in [-0.4, -0.2) is 90.5 Å². The number of aliphatic hydroxyl groups excluding tert-OH is 1. The molecule has 1 heterocycles. The van der Waals surface area contributed by atoms with Crippen molar-refractivity contribution in [1.29, 1.82) is 0 Å². The van der Waals surface area contributed by atoms with Crippen molar-refractivity contribution in [3.05, 3.63) is 54.1 Å². The molecule has 5 amide bonds. The largest absolute Gasteiger partial charge is 0.490 e. The van der Waals surface area contributed by atoms with E-state index < -0.39 is 6.04 Å². The molecule has 1 aliphatic carbocycles. The minimum absolute atomic E-state index is 0.146. The Morgan fingerprint density at radius 3 is 2.43 bits per heavy atom. The Balaban J connectivity index is 1.56. The molecule has 11 nitrogen and oxygen atoms in total. The summed E-state index contributed by atoms with van der Waals surface area (Å²) in [7, 11) is 1.73. The molecule has 1 fully saturated rings. The zero-order valence-corrected chi connectivity index (χ0v) is 28.4. The first kappa shape index (κ1) is 36.0. The van der Waals surface area contributed by atoms with E-state index in [4.69, 9.17) is 9.47 Å². The number of rotatable bonds is 7. The maximum atomic E-state index is 14.3. The molecule has 258 valence electrons. The number of likely N-dealkylation sites (N-methyl/N-ethyl adjacent to an activating group) is 1. The standard InChI is InChI=1S/C36H53N5O6/c1-25-22-41(26(2)24-42)34(43)31-21-30(38-35(44)37-28-14-7-5-8-15-28)18-19-32(31)47-27(3)13-11-12-20-46-33(25)23-40(4)36(45)39-29-16-9-6-10-17-29/h6,9-10,16-19,21,25-28,33,42H,5,7-8,11-15,20,22-24H2,1-4H3,(H,39,45)(H2,37,38,44)/t25-,26+,27-,33-/m1/s1. The van der Waals surface area contributed by atoms with E-state index in [0.717, 1.165) is 44.9 Å². The van der Waals surface area contributed by atoms with Gasteiger partial charge in [-0.25, -0.2) is 9.59 Å². The molecule has 0 saturated heterocycles. The van der Waals surface area contributed by atoms with Gasteiger partial charge in [0.05, 0.1) is 30.4 Å². The number of amides is 5. The summed E-state index contributed by atoms with van der Waals surface area (Å²) >= 11 is 0. The topological polar surface area (TPSA) is 132 Å². The monoisotopic (exact) mass is 651 g/mol. The summed E-state index contributed by atoms with van der Waals surface area (Å²) < 4.78 is 12.7. The smallest absolute Gasteiger partial charge is 0.321 e. The van der Waals surface area contributed by atoms with Crippen molar-refractivity contribution in [2.75, 3.05) is 44.0 Å². The Hall–Kier alpha value is -3.83. The number of hydrogen-bond donors (Lipinski definition) is 4. The molecule has 2 aromatic carbocycles. The number of nitrogens with zero attached hydrogens (tertiary/aromatic N) is 2. The van der Waals surface area contributed by atoms with Crippen LogP contribution in [0.1, 0.15) is 82.5 Å². The van der Waals surface area contributed by atoms with Gasteiger partial charge in [0.1, 0.15) is 5.75 Å². The zero-order valence-electron chi connectivity index (χ0n) is 28.4. The number of benzene rings is 2. The highest BCUT2D eigenvalue weighted by molar-refractivity contribution is 5.99. The van der Waals surface area contributed by atoms with E-state index in [1.807, 2.05) is 44.2 Å². The van der Waals surface area contributed by atoms with Crippen LogP contribution in [0.25, 0.3) is 0 Å². The highest BCUT2D eigenvalue weighted by atomic mass is 16.5. The Morgan fingerprint density at radius 2 is 1.70 bits per heavy atom. The fourth-order valence-corrected chi connectivity index (χ4v) is 6.16. The fraction of sp³-hybridized carbons (Fsp3) is 0.583. The first-order valence-corrected chi connectivity index (χ1v) is 17.1. The summed E-state index contributed by atoms with van der Waals surface area (Å²) in [6.45, 7) is 6.63. The van der Waals surface area contributed by atoms with Crippen LogP contribution in [-0.2, 0) is 4.74 Å². The third kappa shape index (κ3) is 10.9. The van der Waals surface area contributed by atoms with Crippen molar-refractivity contribution >= 4 is 29.3 Å². The number of carbonyl (C=O) groups excluding carboxylic acids is 3. The molecule has 47 heavy (non-hydrogen) atoms. The zero-order chi connectivity index (χ0) is 33.8. The van der Waals surface area contributed by atoms with Gasteiger partial charge in [0, 0.05) is 50.1 Å². The minimum atomic E-state index is -0.505. The van der Waals surface area contributed by atoms with Gasteiger partial charge in [-0.1, -0.05) is 44.4 Å². The van der Waals surface area contributed by atoms with Crippen LogP contribution >= 0.6 is 0 Å². The van der Waals surface area contributed by atoms with Crippen molar-refractivity contribution in [2.45, 2.75) is 96.4 Å². The second-order valence-corrected chi connectivity index (χ2v) is 13.1. The van der Waals surface area contributed by atoms with E-state index in [-0.39, 0.29) is 55.3 Å². The average molecular weight is 652 g/mol. The fourth-order valence-electron chi connectivity index (χ4n) is 6.16. The molecule has 0 spiro atoms. The Morgan fingerprint density at radius 1 is 0.979 bits per heavy atom. The van der Waals surface area contributed by atoms with Gasteiger partial charge in [0.25, 0.3) is 5.91 Å². The molecule has 1 saturated carbocycles. The number of anilines is 2. The number of para-hydroxylation sites is 1. The van der Waals surface area contributed by atoms with E-state index in [9.17, 15) is 19.5 Å². The Labute approximate surface area is 279 Å². The SMILES string of the molecule is C[C@@H]1CCCCO[C@H](CN(C)C(=O)Nc2ccccc2)[C@H](C)CN([C@@H](C)CO)C(=O)c2cc(NC(=O)NC3CCCCC3)ccc2O1. The van der Waals surface area contributed by atoms with Crippen molar-refractivity contribution in [3.63, 3.8) is 0 Å². The number of urea groups is 2. The lowest BCUT2D eigenvalue weighted by Crippen LogP contribution is -2.48. The lowest BCUT2D eigenvalue weighted by Gasteiger charge is -2.35. The van der Waals surface area contributed by atoms with Crippen LogP contribution in [0.2, 0.25) is 0 Å². The van der Waals surface area contributed by atoms with Crippen LogP contribution in [0, 0.1) is 5.92 Å². The van der Waals surface area contributed by atoms with Crippen LogP contribution in [0.15, 0.2) is 48.5 Å². The van der Waals surface area contributed by atoms with E-state index in [0.29, 0.717) is 35.8 Å². The second kappa shape index (κ2) is 17.9. The maximum absolute atomic E-state index is 14.3. The molecule has 2 aliphatic rings. The molecule has 4 N–H and O–H groups in total. The third-order valence-corrected chi connectivity index (χ3v) is 9.08. The highest BCUT2D eigenvalue weighted by Crippen LogP contribution is 2.29. The van der Waals surface area contributed by atoms with Gasteiger partial charge in [0.2, 0.25) is 0 Å². The number of hydrogen-bond acceptors (Lipinski definition) is 6. The summed E-state index contributed by atoms with van der Waals surface area (Å²) in [5.41, 5.74) is 1.50. The van der Waals surface area contributed by atoms with Crippen molar-refractivity contribution in [3.8, 4) is 5.75 Å². The van der Waals surface area contributed by atoms with Gasteiger partial charge in [-0.3, -0.25) is 4.79 Å². The molecule has 2 aromatic rings. The second-order valence-electron chi connectivity index (χ2n) is 13.1. The summed E-state index contributed by atoms with van der Waals surface area (Å²) in [5, 5.41) is 19.1. The lowest BCUT2D eigenvalue weighted by molar-refractivity contribution is -0.0115. The van der Waals surface area contributed by atoms with Gasteiger partial charge in [-0.15, -0.1) is 0 Å². The van der Waals surface area contributed by atoms with E-state index in [2.05, 4.69) is 16.0 Å². The van der Waals surface area contributed by atoms with E-state index in [1.165, 1.54) is 6.42 Å². The first-order chi connectivity index (χ1) is 22.6. The molecular formula is C36H53N5O6. The Kier molecular flexibility index (Phi) is 13.7. The van der Waals surface area contributed by atoms with Crippen LogP contribution in [0.3, 0.4) is 0 Å². The quantitative estimate of drug-likeness (QED) is 0.286. The number of carbonyl (C=O) groups is 3. The predicted octanol–water partition coefficient (Wildman–Crippen LogP) is 6.10. The third-order valence-electron chi connectivity index (χ3n) is 9.08. The number of nitrogens with one attached hydrogen (secondary N) is 3. The van der Waals surface area contributed by atoms with Crippen LogP contribution < -0.4 is 20.7 Å². The van der Waals surface area contributed by atoms with Gasteiger partial charge >= 0.3 is 12.1 Å². The lowest BCUT2D eigenvalue weighted by atomic mass is 9.96. The maximum Gasteiger partial charge on any atom is 0.321 e. The normalized spacial score (nSPS) is 22.2. The molecule has 1 aliphatic heterocycles. The van der Waals surface area contributed by atoms with Gasteiger partial charge < -0.3 is 40.3 Å². The van der Waals surface area contributed by atoms with Crippen molar-refractivity contribution in [2.24, 2.45) is 5.92 Å². The van der Waals surface area contributed by atoms with Gasteiger partial charge in [-0.05, 0) is 76.3 Å². The average Bonchev–Trinajstić information content (AvgIpc) is 3.06. The summed E-state index contributed by atoms with van der Waals surface area (Å²) in [6.07, 6.45) is 7.25. The van der Waals surface area contributed by atoms with Gasteiger partial charge in [-0.2, -0.15) is 0 Å². The summed E-state index contributed by atoms with van der Waals surface area (Å²) in [4.78, 5) is 43.5. The molecule has 4 atom stereocenters. The minimum Gasteiger partial charge on any atom is -0.490 e. The van der Waals surface area contributed by atoms with Crippen molar-refractivity contribution < 1.29 is 29.0 Å². The molecule has 0 bridgehead atoms. The predicted molar refractivity (Wildman–Crippen MR) is 184 cm³/mol. The number of fused-ring (bicyclic) bond motifs is 1. The van der Waals surface area contributed by atoms with Crippen LogP contribution in [0.4, 0.5) is 21.0 Å². The number of ether oxygens (including phenoxy) is 2. The number of aliphatic hydroxyl groups is 1.